The van der Waals surface area contributed by atoms with Gasteiger partial charge in [0.1, 0.15) is 11.4 Å². The molecule has 0 spiro atoms. The molecule has 0 aromatic carbocycles. The maximum absolute atomic E-state index is 5.52. The van der Waals surface area contributed by atoms with E-state index >= 15 is 0 Å². The first-order valence-electron chi connectivity index (χ1n) is 6.43. The van der Waals surface area contributed by atoms with E-state index in [4.69, 9.17) is 9.15 Å². The Balaban J connectivity index is 2.14. The first-order chi connectivity index (χ1) is 9.26. The number of aromatic nitrogens is 3. The molecule has 0 saturated heterocycles. The Morgan fingerprint density at radius 3 is 3.05 bits per heavy atom. The third-order valence-electron chi connectivity index (χ3n) is 2.85. The third-order valence-corrected chi connectivity index (χ3v) is 2.85. The van der Waals surface area contributed by atoms with Crippen molar-refractivity contribution in [1.82, 2.24) is 20.1 Å². The minimum absolute atomic E-state index is 0.656. The van der Waals surface area contributed by atoms with Crippen LogP contribution in [-0.2, 0) is 17.8 Å². The van der Waals surface area contributed by atoms with Gasteiger partial charge in [-0.1, -0.05) is 0 Å². The second-order valence-corrected chi connectivity index (χ2v) is 4.28. The van der Waals surface area contributed by atoms with E-state index in [0.29, 0.717) is 13.2 Å². The van der Waals surface area contributed by atoms with Crippen LogP contribution < -0.4 is 5.32 Å². The van der Waals surface area contributed by atoms with E-state index in [1.807, 2.05) is 17.7 Å². The van der Waals surface area contributed by atoms with Gasteiger partial charge in [-0.25, -0.2) is 4.98 Å². The molecule has 0 aliphatic carbocycles. The third kappa shape index (κ3) is 3.21. The van der Waals surface area contributed by atoms with Gasteiger partial charge < -0.3 is 14.5 Å². The molecule has 0 unspecified atom stereocenters. The van der Waals surface area contributed by atoms with Gasteiger partial charge in [-0.3, -0.25) is 4.68 Å². The summed E-state index contributed by atoms with van der Waals surface area (Å²) in [5.74, 6) is 0.785. The second-order valence-electron chi connectivity index (χ2n) is 4.28. The lowest BCUT2D eigenvalue weighted by atomic mass is 10.2. The number of oxazole rings is 1. The number of rotatable bonds is 7. The van der Waals surface area contributed by atoms with E-state index in [2.05, 4.69) is 22.3 Å². The summed E-state index contributed by atoms with van der Waals surface area (Å²) in [7, 11) is 1.69. The Kier molecular flexibility index (Phi) is 4.70. The molecule has 0 aliphatic rings. The van der Waals surface area contributed by atoms with Gasteiger partial charge in [-0.05, 0) is 19.9 Å². The molecule has 2 aromatic heterocycles. The van der Waals surface area contributed by atoms with Crippen molar-refractivity contribution in [3.05, 3.63) is 23.8 Å². The normalized spacial score (nSPS) is 11.1. The van der Waals surface area contributed by atoms with Gasteiger partial charge >= 0.3 is 0 Å². The summed E-state index contributed by atoms with van der Waals surface area (Å²) in [5.41, 5.74) is 2.85. The molecule has 0 aliphatic heterocycles. The highest BCUT2D eigenvalue weighted by molar-refractivity contribution is 5.55. The molecule has 2 heterocycles. The maximum Gasteiger partial charge on any atom is 0.181 e. The molecule has 2 rings (SSSR count). The van der Waals surface area contributed by atoms with Crippen LogP contribution in [0.2, 0.25) is 0 Å². The summed E-state index contributed by atoms with van der Waals surface area (Å²) in [6.45, 7) is 6.96. The number of hydrogen-bond donors (Lipinski definition) is 1. The van der Waals surface area contributed by atoms with E-state index in [0.717, 1.165) is 35.9 Å². The van der Waals surface area contributed by atoms with Crippen molar-refractivity contribution < 1.29 is 9.15 Å². The largest absolute Gasteiger partial charge is 0.442 e. The van der Waals surface area contributed by atoms with Crippen molar-refractivity contribution in [3.63, 3.8) is 0 Å². The van der Waals surface area contributed by atoms with Crippen LogP contribution in [0.1, 0.15) is 18.3 Å². The van der Waals surface area contributed by atoms with Crippen LogP contribution in [0.5, 0.6) is 0 Å². The lowest BCUT2D eigenvalue weighted by Gasteiger charge is -2.05. The van der Waals surface area contributed by atoms with Crippen molar-refractivity contribution in [2.75, 3.05) is 20.3 Å². The number of methoxy groups -OCH3 is 1. The Hall–Kier alpha value is -1.66. The molecule has 0 saturated carbocycles. The molecule has 0 bridgehead atoms. The first-order valence-corrected chi connectivity index (χ1v) is 6.43. The van der Waals surface area contributed by atoms with Gasteiger partial charge in [0.05, 0.1) is 12.3 Å². The fraction of sp³-hybridized carbons (Fsp3) is 0.538. The minimum Gasteiger partial charge on any atom is -0.442 e. The van der Waals surface area contributed by atoms with Crippen molar-refractivity contribution in [2.45, 2.75) is 26.9 Å². The standard InChI is InChI=1S/C13H20N4O2/c1-4-17-12(7-10(2)16-17)13-11(15-9-19-13)8-14-5-6-18-3/h7,9,14H,4-6,8H2,1-3H3. The predicted octanol–water partition coefficient (Wildman–Crippen LogP) is 1.60. The summed E-state index contributed by atoms with van der Waals surface area (Å²) in [6.07, 6.45) is 1.48. The molecule has 6 heteroatoms. The smallest absolute Gasteiger partial charge is 0.181 e. The minimum atomic E-state index is 0.656. The van der Waals surface area contributed by atoms with Gasteiger partial charge in [0.15, 0.2) is 12.2 Å². The second kappa shape index (κ2) is 6.49. The Morgan fingerprint density at radius 2 is 2.32 bits per heavy atom. The Labute approximate surface area is 112 Å². The SMILES string of the molecule is CCn1nc(C)cc1-c1ocnc1CNCCOC. The van der Waals surface area contributed by atoms with Crippen molar-refractivity contribution in [2.24, 2.45) is 0 Å². The summed E-state index contributed by atoms with van der Waals surface area (Å²) in [6, 6.07) is 2.02. The van der Waals surface area contributed by atoms with Crippen LogP contribution in [0.25, 0.3) is 11.5 Å². The van der Waals surface area contributed by atoms with E-state index < -0.39 is 0 Å². The average molecular weight is 264 g/mol. The molecule has 6 nitrogen and oxygen atoms in total. The molecule has 104 valence electrons. The molecule has 0 radical (unpaired) electrons. The van der Waals surface area contributed by atoms with E-state index in [1.54, 1.807) is 7.11 Å². The monoisotopic (exact) mass is 264 g/mol. The number of nitrogens with zero attached hydrogens (tertiary/aromatic N) is 3. The number of ether oxygens (including phenoxy) is 1. The van der Waals surface area contributed by atoms with Crippen LogP contribution in [0.15, 0.2) is 16.9 Å². The van der Waals surface area contributed by atoms with Gasteiger partial charge in [0, 0.05) is 26.7 Å². The highest BCUT2D eigenvalue weighted by Gasteiger charge is 2.15. The summed E-state index contributed by atoms with van der Waals surface area (Å²) in [4.78, 5) is 4.26. The van der Waals surface area contributed by atoms with Crippen LogP contribution in [-0.4, -0.2) is 35.0 Å². The van der Waals surface area contributed by atoms with E-state index in [-0.39, 0.29) is 0 Å². The lowest BCUT2D eigenvalue weighted by molar-refractivity contribution is 0.199. The number of hydrogen-bond acceptors (Lipinski definition) is 5. The van der Waals surface area contributed by atoms with Crippen LogP contribution in [0.3, 0.4) is 0 Å². The van der Waals surface area contributed by atoms with Crippen LogP contribution >= 0.6 is 0 Å². The topological polar surface area (TPSA) is 65.1 Å². The summed E-state index contributed by atoms with van der Waals surface area (Å²) in [5, 5.41) is 7.69. The van der Waals surface area contributed by atoms with Gasteiger partial charge in [-0.2, -0.15) is 5.10 Å². The first kappa shape index (κ1) is 13.8. The zero-order chi connectivity index (χ0) is 13.7. The molecule has 1 N–H and O–H groups in total. The average Bonchev–Trinajstić information content (AvgIpc) is 3.00. The summed E-state index contributed by atoms with van der Waals surface area (Å²) >= 11 is 0. The van der Waals surface area contributed by atoms with Gasteiger partial charge in [0.25, 0.3) is 0 Å². The van der Waals surface area contributed by atoms with E-state index in [1.165, 1.54) is 6.39 Å². The highest BCUT2D eigenvalue weighted by atomic mass is 16.5. The Morgan fingerprint density at radius 1 is 1.47 bits per heavy atom. The van der Waals surface area contributed by atoms with Gasteiger partial charge in [-0.15, -0.1) is 0 Å². The van der Waals surface area contributed by atoms with Crippen LogP contribution in [0.4, 0.5) is 0 Å². The highest BCUT2D eigenvalue weighted by Crippen LogP contribution is 2.24. The fourth-order valence-corrected chi connectivity index (χ4v) is 1.95. The zero-order valence-corrected chi connectivity index (χ0v) is 11.6. The number of nitrogens with one attached hydrogen (secondary N) is 1. The van der Waals surface area contributed by atoms with Crippen molar-refractivity contribution in [3.8, 4) is 11.5 Å². The Bertz CT molecular complexity index is 518. The molecule has 19 heavy (non-hydrogen) atoms. The van der Waals surface area contributed by atoms with Crippen molar-refractivity contribution >= 4 is 0 Å². The predicted molar refractivity (Wildman–Crippen MR) is 71.7 cm³/mol. The fourth-order valence-electron chi connectivity index (χ4n) is 1.95. The maximum atomic E-state index is 5.52. The van der Waals surface area contributed by atoms with Crippen molar-refractivity contribution in [1.29, 1.82) is 0 Å². The zero-order valence-electron chi connectivity index (χ0n) is 11.6. The lowest BCUT2D eigenvalue weighted by Crippen LogP contribution is -2.19. The molecule has 0 fully saturated rings. The van der Waals surface area contributed by atoms with Crippen LogP contribution in [0, 0.1) is 6.92 Å². The molecule has 2 aromatic rings. The molecular formula is C13H20N4O2. The molecule has 0 amide bonds. The molecular weight excluding hydrogens is 244 g/mol. The van der Waals surface area contributed by atoms with Gasteiger partial charge in [0.2, 0.25) is 0 Å². The van der Waals surface area contributed by atoms with E-state index in [9.17, 15) is 0 Å². The quantitative estimate of drug-likeness (QED) is 0.769. The number of aryl methyl sites for hydroxylation is 2. The summed E-state index contributed by atoms with van der Waals surface area (Å²) < 4.78 is 12.4. The molecule has 0 atom stereocenters.